The predicted molar refractivity (Wildman–Crippen MR) is 71.9 cm³/mol. The molecule has 0 spiro atoms. The molecule has 0 amide bonds. The maximum absolute atomic E-state index is 12.5. The van der Waals surface area contributed by atoms with Crippen LogP contribution in [0.2, 0.25) is 0 Å². The lowest BCUT2D eigenvalue weighted by molar-refractivity contribution is -0.137. The molecule has 0 radical (unpaired) electrons. The largest absolute Gasteiger partial charge is 0.416 e. The average Bonchev–Trinajstić information content (AvgIpc) is 2.26. The van der Waals surface area contributed by atoms with Crippen LogP contribution in [-0.2, 0) is 6.18 Å². The summed E-state index contributed by atoms with van der Waals surface area (Å²) in [5.74, 6) is 0. The van der Waals surface area contributed by atoms with Crippen LogP contribution in [0.25, 0.3) is 0 Å². The van der Waals surface area contributed by atoms with Crippen molar-refractivity contribution in [2.24, 2.45) is 5.41 Å². The molecule has 1 atom stereocenters. The Bertz CT molecular complexity index is 387. The van der Waals surface area contributed by atoms with E-state index >= 15 is 0 Å². The molecule has 0 saturated heterocycles. The summed E-state index contributed by atoms with van der Waals surface area (Å²) in [4.78, 5) is 0. The van der Waals surface area contributed by atoms with Crippen LogP contribution in [0.1, 0.15) is 51.3 Å². The van der Waals surface area contributed by atoms with Crippen LogP contribution < -0.4 is 5.32 Å². The molecule has 0 bridgehead atoms. The highest BCUT2D eigenvalue weighted by atomic mass is 19.4. The molecular formula is C15H22F3N. The summed E-state index contributed by atoms with van der Waals surface area (Å²) < 4.78 is 37.6. The Morgan fingerprint density at radius 3 is 1.95 bits per heavy atom. The van der Waals surface area contributed by atoms with Crippen molar-refractivity contribution < 1.29 is 13.2 Å². The first kappa shape index (κ1) is 16.0. The molecule has 4 heteroatoms. The lowest BCUT2D eigenvalue weighted by Crippen LogP contribution is -2.25. The number of alkyl halides is 3. The van der Waals surface area contributed by atoms with E-state index in [9.17, 15) is 13.2 Å². The van der Waals surface area contributed by atoms with Gasteiger partial charge in [0.15, 0.2) is 0 Å². The summed E-state index contributed by atoms with van der Waals surface area (Å²) in [5, 5.41) is 3.33. The predicted octanol–water partition coefficient (Wildman–Crippen LogP) is 4.79. The standard InChI is InChI=1S/C15H22F3N/c1-5-19-13(10-14(2,3)4)11-6-8-12(9-7-11)15(16,17)18/h6-9,13,19H,5,10H2,1-4H3. The molecule has 1 N–H and O–H groups in total. The van der Waals surface area contributed by atoms with Crippen molar-refractivity contribution in [3.05, 3.63) is 35.4 Å². The van der Waals surface area contributed by atoms with E-state index in [1.165, 1.54) is 0 Å². The highest BCUT2D eigenvalue weighted by Crippen LogP contribution is 2.32. The van der Waals surface area contributed by atoms with Crippen LogP contribution in [0.15, 0.2) is 24.3 Å². The fourth-order valence-corrected chi connectivity index (χ4v) is 2.07. The fraction of sp³-hybridized carbons (Fsp3) is 0.600. The van der Waals surface area contributed by atoms with Crippen LogP contribution in [0.3, 0.4) is 0 Å². The molecule has 19 heavy (non-hydrogen) atoms. The average molecular weight is 273 g/mol. The molecule has 1 unspecified atom stereocenters. The van der Waals surface area contributed by atoms with E-state index in [4.69, 9.17) is 0 Å². The molecule has 0 aromatic heterocycles. The molecular weight excluding hydrogens is 251 g/mol. The topological polar surface area (TPSA) is 12.0 Å². The van der Waals surface area contributed by atoms with Crippen molar-refractivity contribution in [1.29, 1.82) is 0 Å². The van der Waals surface area contributed by atoms with Crippen molar-refractivity contribution in [3.63, 3.8) is 0 Å². The molecule has 0 aliphatic carbocycles. The van der Waals surface area contributed by atoms with Crippen molar-refractivity contribution in [1.82, 2.24) is 5.32 Å². The van der Waals surface area contributed by atoms with Gasteiger partial charge in [-0.1, -0.05) is 39.8 Å². The van der Waals surface area contributed by atoms with Gasteiger partial charge in [-0.15, -0.1) is 0 Å². The fourth-order valence-electron chi connectivity index (χ4n) is 2.07. The molecule has 0 saturated carbocycles. The van der Waals surface area contributed by atoms with Gasteiger partial charge in [0.25, 0.3) is 0 Å². The zero-order valence-electron chi connectivity index (χ0n) is 11.9. The molecule has 0 aliphatic rings. The van der Waals surface area contributed by atoms with Crippen molar-refractivity contribution >= 4 is 0 Å². The third kappa shape index (κ3) is 5.23. The van der Waals surface area contributed by atoms with E-state index in [-0.39, 0.29) is 11.5 Å². The number of halogens is 3. The van der Waals surface area contributed by atoms with Gasteiger partial charge in [0, 0.05) is 6.04 Å². The molecule has 1 aromatic carbocycles. The second-order valence-corrected chi connectivity index (χ2v) is 5.99. The van der Waals surface area contributed by atoms with Crippen LogP contribution in [0.5, 0.6) is 0 Å². The smallest absolute Gasteiger partial charge is 0.310 e. The SMILES string of the molecule is CCNC(CC(C)(C)C)c1ccc(C(F)(F)F)cc1. The Balaban J connectivity index is 2.91. The van der Waals surface area contributed by atoms with E-state index < -0.39 is 11.7 Å². The first-order valence-corrected chi connectivity index (χ1v) is 6.54. The van der Waals surface area contributed by atoms with Gasteiger partial charge in [-0.2, -0.15) is 13.2 Å². The number of nitrogens with one attached hydrogen (secondary N) is 1. The van der Waals surface area contributed by atoms with E-state index in [2.05, 4.69) is 26.1 Å². The van der Waals surface area contributed by atoms with Gasteiger partial charge >= 0.3 is 6.18 Å². The van der Waals surface area contributed by atoms with E-state index in [0.29, 0.717) is 0 Å². The Morgan fingerprint density at radius 2 is 1.58 bits per heavy atom. The van der Waals surface area contributed by atoms with Gasteiger partial charge in [0.2, 0.25) is 0 Å². The van der Waals surface area contributed by atoms with E-state index in [1.54, 1.807) is 12.1 Å². The molecule has 0 aliphatic heterocycles. The van der Waals surface area contributed by atoms with Crippen molar-refractivity contribution in [3.8, 4) is 0 Å². The van der Waals surface area contributed by atoms with Gasteiger partial charge in [-0.3, -0.25) is 0 Å². The summed E-state index contributed by atoms with van der Waals surface area (Å²) in [6.45, 7) is 9.17. The minimum atomic E-state index is -4.27. The minimum Gasteiger partial charge on any atom is -0.310 e. The molecule has 1 aromatic rings. The van der Waals surface area contributed by atoms with Gasteiger partial charge in [0.1, 0.15) is 0 Å². The lowest BCUT2D eigenvalue weighted by Gasteiger charge is -2.27. The zero-order chi connectivity index (χ0) is 14.7. The second kappa shape index (κ2) is 5.95. The summed E-state index contributed by atoms with van der Waals surface area (Å²) >= 11 is 0. The second-order valence-electron chi connectivity index (χ2n) is 5.99. The molecule has 1 rings (SSSR count). The molecule has 108 valence electrons. The zero-order valence-corrected chi connectivity index (χ0v) is 11.9. The van der Waals surface area contributed by atoms with Crippen LogP contribution in [0, 0.1) is 5.41 Å². The third-order valence-electron chi connectivity index (χ3n) is 2.91. The number of rotatable bonds is 4. The van der Waals surface area contributed by atoms with Gasteiger partial charge in [-0.25, -0.2) is 0 Å². The quantitative estimate of drug-likeness (QED) is 0.831. The van der Waals surface area contributed by atoms with Crippen LogP contribution >= 0.6 is 0 Å². The van der Waals surface area contributed by atoms with Crippen LogP contribution in [-0.4, -0.2) is 6.54 Å². The maximum Gasteiger partial charge on any atom is 0.416 e. The lowest BCUT2D eigenvalue weighted by atomic mass is 9.85. The Labute approximate surface area is 113 Å². The first-order chi connectivity index (χ1) is 8.63. The highest BCUT2D eigenvalue weighted by molar-refractivity contribution is 5.27. The molecule has 0 fully saturated rings. The van der Waals surface area contributed by atoms with Gasteiger partial charge < -0.3 is 5.32 Å². The van der Waals surface area contributed by atoms with Crippen molar-refractivity contribution in [2.45, 2.75) is 46.3 Å². The normalized spacial score (nSPS) is 14.5. The summed E-state index contributed by atoms with van der Waals surface area (Å²) in [6, 6.07) is 5.54. The summed E-state index contributed by atoms with van der Waals surface area (Å²) in [6.07, 6.45) is -3.39. The highest BCUT2D eigenvalue weighted by Gasteiger charge is 2.30. The summed E-state index contributed by atoms with van der Waals surface area (Å²) in [5.41, 5.74) is 0.433. The van der Waals surface area contributed by atoms with E-state index in [1.807, 2.05) is 6.92 Å². The summed E-state index contributed by atoms with van der Waals surface area (Å²) in [7, 11) is 0. The third-order valence-corrected chi connectivity index (χ3v) is 2.91. The van der Waals surface area contributed by atoms with E-state index in [0.717, 1.165) is 30.7 Å². The Kier molecular flexibility index (Phi) is 5.02. The number of hydrogen-bond donors (Lipinski definition) is 1. The first-order valence-electron chi connectivity index (χ1n) is 6.54. The Hall–Kier alpha value is -1.03. The molecule has 1 nitrogen and oxygen atoms in total. The maximum atomic E-state index is 12.5. The monoisotopic (exact) mass is 273 g/mol. The minimum absolute atomic E-state index is 0.0901. The number of hydrogen-bond acceptors (Lipinski definition) is 1. The van der Waals surface area contributed by atoms with Gasteiger partial charge in [0.05, 0.1) is 5.56 Å². The number of benzene rings is 1. The Morgan fingerprint density at radius 1 is 1.05 bits per heavy atom. The van der Waals surface area contributed by atoms with Crippen molar-refractivity contribution in [2.75, 3.05) is 6.54 Å². The van der Waals surface area contributed by atoms with Gasteiger partial charge in [-0.05, 0) is 36.1 Å². The molecule has 0 heterocycles. The van der Waals surface area contributed by atoms with Crippen LogP contribution in [0.4, 0.5) is 13.2 Å².